The predicted octanol–water partition coefficient (Wildman–Crippen LogP) is 8.45. The van der Waals surface area contributed by atoms with Gasteiger partial charge in [-0.25, -0.2) is 0 Å². The Bertz CT molecular complexity index is 1820. The van der Waals surface area contributed by atoms with Gasteiger partial charge in [0.05, 0.1) is 0 Å². The highest BCUT2D eigenvalue weighted by atomic mass is 16.5. The molecule has 1 saturated carbocycles. The molecule has 5 nitrogen and oxygen atoms in total. The van der Waals surface area contributed by atoms with Crippen LogP contribution in [0.25, 0.3) is 10.9 Å². The van der Waals surface area contributed by atoms with Gasteiger partial charge in [0, 0.05) is 47.2 Å². The Morgan fingerprint density at radius 2 is 1.61 bits per heavy atom. The summed E-state index contributed by atoms with van der Waals surface area (Å²) in [5.41, 5.74) is 4.52. The van der Waals surface area contributed by atoms with Crippen LogP contribution in [0.2, 0.25) is 0 Å². The van der Waals surface area contributed by atoms with Crippen LogP contribution in [0.5, 0.6) is 5.75 Å². The number of Topliss-reactive ketones (excluding diaryl/α,β-unsaturated/α-hetero) is 2. The summed E-state index contributed by atoms with van der Waals surface area (Å²) >= 11 is 0. The van der Waals surface area contributed by atoms with Crippen molar-refractivity contribution < 1.29 is 14.3 Å². The van der Waals surface area contributed by atoms with E-state index in [1.165, 1.54) is 43.1 Å². The Kier molecular flexibility index (Phi) is 7.63. The average molecular weight is 583 g/mol. The molecule has 2 aliphatic carbocycles. The van der Waals surface area contributed by atoms with Gasteiger partial charge in [-0.15, -0.1) is 0 Å². The highest BCUT2D eigenvalue weighted by Crippen LogP contribution is 2.44. The number of fused-ring (bicyclic) bond motifs is 2. The molecule has 0 aliphatic heterocycles. The summed E-state index contributed by atoms with van der Waals surface area (Å²) in [7, 11) is 0. The molecule has 0 amide bonds. The SMILES string of the molecule is Cc1cn(CCC2CCCCC2)c2cc(C3(Cc4ccncc4)C(=O)c4ccc(OCc5ccccc5)cc4C3=O)ccc12. The fraction of sp³-hybridized carbons (Fsp3) is 0.308. The van der Waals surface area contributed by atoms with Crippen molar-refractivity contribution in [2.24, 2.45) is 5.92 Å². The first kappa shape index (κ1) is 28.3. The molecule has 5 heteroatoms. The molecule has 1 atom stereocenters. The Labute approximate surface area is 258 Å². The maximum atomic E-state index is 14.6. The lowest BCUT2D eigenvalue weighted by molar-refractivity contribution is 0.0793. The lowest BCUT2D eigenvalue weighted by atomic mass is 9.71. The number of ketones is 2. The molecule has 1 fully saturated rings. The highest BCUT2D eigenvalue weighted by Gasteiger charge is 2.54. The van der Waals surface area contributed by atoms with Gasteiger partial charge in [0.1, 0.15) is 17.8 Å². The van der Waals surface area contributed by atoms with E-state index in [-0.39, 0.29) is 18.0 Å². The average Bonchev–Trinajstić information content (AvgIpc) is 3.50. The maximum absolute atomic E-state index is 14.6. The fourth-order valence-electron chi connectivity index (χ4n) is 7.36. The summed E-state index contributed by atoms with van der Waals surface area (Å²) in [6.07, 6.45) is 13.8. The number of rotatable bonds is 9. The van der Waals surface area contributed by atoms with Crippen molar-refractivity contribution in [3.63, 3.8) is 0 Å². The van der Waals surface area contributed by atoms with Crippen LogP contribution in [0.3, 0.4) is 0 Å². The lowest BCUT2D eigenvalue weighted by Crippen LogP contribution is -2.40. The third kappa shape index (κ3) is 5.15. The van der Waals surface area contributed by atoms with Crippen LogP contribution >= 0.6 is 0 Å². The van der Waals surface area contributed by atoms with Gasteiger partial charge in [0.15, 0.2) is 11.6 Å². The quantitative estimate of drug-likeness (QED) is 0.164. The van der Waals surface area contributed by atoms with Crippen molar-refractivity contribution in [2.45, 2.75) is 70.4 Å². The molecule has 0 N–H and O–H groups in total. The summed E-state index contributed by atoms with van der Waals surface area (Å²) < 4.78 is 8.41. The van der Waals surface area contributed by atoms with Crippen molar-refractivity contribution >= 4 is 22.5 Å². The topological polar surface area (TPSA) is 61.2 Å². The minimum absolute atomic E-state index is 0.152. The number of aryl methyl sites for hydroxylation is 2. The number of ether oxygens (including phenoxy) is 1. The lowest BCUT2D eigenvalue weighted by Gasteiger charge is -2.27. The van der Waals surface area contributed by atoms with Crippen LogP contribution < -0.4 is 4.74 Å². The first-order valence-corrected chi connectivity index (χ1v) is 15.9. The smallest absolute Gasteiger partial charge is 0.182 e. The number of nitrogens with zero attached hydrogens (tertiary/aromatic N) is 2. The van der Waals surface area contributed by atoms with E-state index in [1.54, 1.807) is 30.6 Å². The zero-order valence-electron chi connectivity index (χ0n) is 25.3. The molecule has 1 unspecified atom stereocenters. The first-order chi connectivity index (χ1) is 21.5. The van der Waals surface area contributed by atoms with Crippen molar-refractivity contribution in [3.8, 4) is 5.75 Å². The van der Waals surface area contributed by atoms with Crippen molar-refractivity contribution in [1.29, 1.82) is 0 Å². The van der Waals surface area contributed by atoms with E-state index in [0.717, 1.165) is 41.1 Å². The largest absolute Gasteiger partial charge is 0.489 e. The van der Waals surface area contributed by atoms with Gasteiger partial charge in [0.25, 0.3) is 0 Å². The molecule has 3 aromatic carbocycles. The first-order valence-electron chi connectivity index (χ1n) is 15.9. The third-order valence-electron chi connectivity index (χ3n) is 9.80. The van der Waals surface area contributed by atoms with Crippen molar-refractivity contribution in [2.75, 3.05) is 0 Å². The summed E-state index contributed by atoms with van der Waals surface area (Å²) in [6.45, 7) is 3.47. The fourth-order valence-corrected chi connectivity index (χ4v) is 7.36. The van der Waals surface area contributed by atoms with Gasteiger partial charge in [-0.05, 0) is 84.3 Å². The molecular formula is C39H38N2O3. The molecule has 5 aromatic rings. The minimum Gasteiger partial charge on any atom is -0.489 e. The van der Waals surface area contributed by atoms with Gasteiger partial charge >= 0.3 is 0 Å². The van der Waals surface area contributed by atoms with Gasteiger partial charge in [-0.2, -0.15) is 0 Å². The molecule has 0 saturated heterocycles. The summed E-state index contributed by atoms with van der Waals surface area (Å²) in [5, 5.41) is 1.17. The molecule has 0 bridgehead atoms. The molecule has 2 aromatic heterocycles. The van der Waals surface area contributed by atoms with E-state index in [2.05, 4.69) is 34.8 Å². The molecule has 2 heterocycles. The van der Waals surface area contributed by atoms with Crippen LogP contribution in [0.4, 0.5) is 0 Å². The number of hydrogen-bond acceptors (Lipinski definition) is 4. The number of carbonyl (C=O) groups is 2. The molecule has 0 spiro atoms. The second-order valence-electron chi connectivity index (χ2n) is 12.6. The standard InChI is InChI=1S/C39H38N2O3/c1-27-25-41(21-18-28-8-4-2-5-9-28)36-22-31(12-14-33(27)36)39(24-29-16-19-40-20-17-29)37(42)34-15-13-32(23-35(34)38(39)43)44-26-30-10-6-3-7-11-30/h3,6-7,10-17,19-20,22-23,25,28H,2,4-5,8-9,18,21,24,26H2,1H3. The maximum Gasteiger partial charge on any atom is 0.182 e. The Morgan fingerprint density at radius 1 is 0.841 bits per heavy atom. The summed E-state index contributed by atoms with van der Waals surface area (Å²) in [6, 6.07) is 25.3. The van der Waals surface area contributed by atoms with Crippen LogP contribution in [-0.2, 0) is 25.0 Å². The zero-order chi connectivity index (χ0) is 30.1. The summed E-state index contributed by atoms with van der Waals surface area (Å²) in [5.74, 6) is 1.03. The van der Waals surface area contributed by atoms with Gasteiger partial charge in [-0.1, -0.05) is 74.6 Å². The van der Waals surface area contributed by atoms with E-state index >= 15 is 0 Å². The number of benzene rings is 3. The number of aromatic nitrogens is 2. The van der Waals surface area contributed by atoms with Gasteiger partial charge in [-0.3, -0.25) is 14.6 Å². The van der Waals surface area contributed by atoms with Crippen LogP contribution in [0, 0.1) is 12.8 Å². The monoisotopic (exact) mass is 582 g/mol. The number of carbonyl (C=O) groups excluding carboxylic acids is 2. The van der Waals surface area contributed by atoms with E-state index in [1.807, 2.05) is 48.5 Å². The zero-order valence-corrected chi connectivity index (χ0v) is 25.3. The van der Waals surface area contributed by atoms with Crippen LogP contribution in [-0.4, -0.2) is 21.1 Å². The molecule has 7 rings (SSSR count). The Hall–Kier alpha value is -4.51. The number of pyridine rings is 1. The van der Waals surface area contributed by atoms with Crippen LogP contribution in [0.15, 0.2) is 97.5 Å². The second kappa shape index (κ2) is 11.9. The minimum atomic E-state index is -1.36. The molecule has 222 valence electrons. The van der Waals surface area contributed by atoms with Gasteiger partial charge in [0.2, 0.25) is 0 Å². The van der Waals surface area contributed by atoms with Crippen molar-refractivity contribution in [3.05, 3.63) is 131 Å². The highest BCUT2D eigenvalue weighted by molar-refractivity contribution is 6.33. The van der Waals surface area contributed by atoms with E-state index in [4.69, 9.17) is 4.74 Å². The Morgan fingerprint density at radius 3 is 2.41 bits per heavy atom. The van der Waals surface area contributed by atoms with Gasteiger partial charge < -0.3 is 9.30 Å². The van der Waals surface area contributed by atoms with Crippen LogP contribution in [0.1, 0.15) is 81.5 Å². The molecular weight excluding hydrogens is 544 g/mol. The van der Waals surface area contributed by atoms with E-state index in [0.29, 0.717) is 23.5 Å². The van der Waals surface area contributed by atoms with E-state index < -0.39 is 5.41 Å². The Balaban J connectivity index is 1.27. The molecule has 44 heavy (non-hydrogen) atoms. The predicted molar refractivity (Wildman–Crippen MR) is 173 cm³/mol. The van der Waals surface area contributed by atoms with Crippen molar-refractivity contribution in [1.82, 2.24) is 9.55 Å². The summed E-state index contributed by atoms with van der Waals surface area (Å²) in [4.78, 5) is 33.3. The molecule has 2 aliphatic rings. The second-order valence-corrected chi connectivity index (χ2v) is 12.6. The molecule has 0 radical (unpaired) electrons. The third-order valence-corrected chi connectivity index (χ3v) is 9.80. The number of hydrogen-bond donors (Lipinski definition) is 0. The van der Waals surface area contributed by atoms with E-state index in [9.17, 15) is 9.59 Å². The normalized spacial score (nSPS) is 18.6.